The molecule has 23 heavy (non-hydrogen) atoms. The fraction of sp³-hybridized carbons (Fsp3) is 0.278. The molecule has 0 aliphatic carbocycles. The number of hydrogen-bond acceptors (Lipinski definition) is 4. The lowest BCUT2D eigenvalue weighted by Crippen LogP contribution is -2.10. The number of fused-ring (bicyclic) bond motifs is 1. The molecule has 1 aromatic heterocycles. The molecule has 3 aromatic rings. The Labute approximate surface area is 134 Å². The number of nitrogens with zero attached hydrogens (tertiary/aromatic N) is 2. The maximum atomic E-state index is 11.1. The van der Waals surface area contributed by atoms with E-state index in [1.165, 1.54) is 11.6 Å². The lowest BCUT2D eigenvalue weighted by atomic mass is 9.87. The van der Waals surface area contributed by atoms with Crippen LogP contribution in [0.25, 0.3) is 11.1 Å². The first-order valence-electron chi connectivity index (χ1n) is 7.47. The molecule has 0 aliphatic heterocycles. The van der Waals surface area contributed by atoms with Crippen molar-refractivity contribution in [2.24, 2.45) is 0 Å². The zero-order valence-corrected chi connectivity index (χ0v) is 13.4. The van der Waals surface area contributed by atoms with Gasteiger partial charge >= 0.3 is 0 Å². The van der Waals surface area contributed by atoms with Crippen LogP contribution in [0.5, 0.6) is 0 Å². The molecule has 0 aliphatic rings. The van der Waals surface area contributed by atoms with Gasteiger partial charge in [0.05, 0.1) is 11.3 Å². The first-order chi connectivity index (χ1) is 10.8. The highest BCUT2D eigenvalue weighted by Crippen LogP contribution is 2.28. The number of nitro benzene ring substituents is 1. The Morgan fingerprint density at radius 2 is 1.91 bits per heavy atom. The van der Waals surface area contributed by atoms with Gasteiger partial charge in [-0.25, -0.2) is 4.98 Å². The number of rotatable bonds is 3. The number of nitro groups is 1. The fourth-order valence-electron chi connectivity index (χ4n) is 2.52. The first kappa shape index (κ1) is 15.2. The summed E-state index contributed by atoms with van der Waals surface area (Å²) in [6.45, 7) is 6.42. The quantitative estimate of drug-likeness (QED) is 0.522. The number of para-hydroxylation sites is 1. The van der Waals surface area contributed by atoms with Crippen molar-refractivity contribution < 1.29 is 9.34 Å². The van der Waals surface area contributed by atoms with Crippen molar-refractivity contribution in [1.29, 1.82) is 0 Å². The van der Waals surface area contributed by atoms with Gasteiger partial charge in [0.25, 0.3) is 5.69 Å². The highest BCUT2D eigenvalue weighted by atomic mass is 16.6. The zero-order valence-electron chi connectivity index (χ0n) is 13.4. The van der Waals surface area contributed by atoms with Gasteiger partial charge in [-0.3, -0.25) is 10.1 Å². The molecule has 3 rings (SSSR count). The monoisotopic (exact) mass is 310 g/mol. The third kappa shape index (κ3) is 3.08. The summed E-state index contributed by atoms with van der Waals surface area (Å²) in [6.07, 6.45) is 0.302. The van der Waals surface area contributed by atoms with Crippen LogP contribution in [-0.2, 0) is 11.8 Å². The van der Waals surface area contributed by atoms with Crippen molar-refractivity contribution in [1.82, 2.24) is 4.98 Å². The smallest absolute Gasteiger partial charge is 0.273 e. The zero-order chi connectivity index (χ0) is 16.6. The maximum absolute atomic E-state index is 11.1. The summed E-state index contributed by atoms with van der Waals surface area (Å²) in [5.41, 5.74) is 3.38. The Bertz CT molecular complexity index is 875. The second kappa shape index (κ2) is 5.50. The van der Waals surface area contributed by atoms with Crippen molar-refractivity contribution in [3.63, 3.8) is 0 Å². The van der Waals surface area contributed by atoms with Gasteiger partial charge in [0.2, 0.25) is 0 Å². The molecule has 0 amide bonds. The lowest BCUT2D eigenvalue weighted by Gasteiger charge is -2.18. The van der Waals surface area contributed by atoms with Gasteiger partial charge < -0.3 is 4.42 Å². The van der Waals surface area contributed by atoms with Crippen molar-refractivity contribution in [3.05, 3.63) is 69.6 Å². The summed E-state index contributed by atoms with van der Waals surface area (Å²) in [5.74, 6) is 0.486. The molecule has 0 atom stereocenters. The predicted octanol–water partition coefficient (Wildman–Crippen LogP) is 4.62. The van der Waals surface area contributed by atoms with E-state index in [0.717, 1.165) is 5.52 Å². The molecule has 0 saturated heterocycles. The van der Waals surface area contributed by atoms with E-state index in [-0.39, 0.29) is 16.0 Å². The standard InChI is InChI=1S/C18H18N2O3/c1-18(2,3)13-8-9-16-14(11-13)19-17(23-16)10-12-6-4-5-7-15(12)20(21)22/h4-9,11H,10H2,1-3H3. The Hall–Kier alpha value is -2.69. The van der Waals surface area contributed by atoms with Gasteiger partial charge in [-0.05, 0) is 23.1 Å². The van der Waals surface area contributed by atoms with Gasteiger partial charge in [0, 0.05) is 11.6 Å². The average molecular weight is 310 g/mol. The van der Waals surface area contributed by atoms with E-state index in [9.17, 15) is 10.1 Å². The minimum Gasteiger partial charge on any atom is -0.440 e. The van der Waals surface area contributed by atoms with Gasteiger partial charge in [-0.1, -0.05) is 45.0 Å². The van der Waals surface area contributed by atoms with Crippen LogP contribution in [0.1, 0.15) is 37.8 Å². The van der Waals surface area contributed by atoms with E-state index in [1.807, 2.05) is 18.2 Å². The normalized spacial score (nSPS) is 11.8. The Kier molecular flexibility index (Phi) is 3.64. The van der Waals surface area contributed by atoms with Crippen LogP contribution in [0.15, 0.2) is 46.9 Å². The van der Waals surface area contributed by atoms with E-state index in [4.69, 9.17) is 4.42 Å². The number of benzene rings is 2. The van der Waals surface area contributed by atoms with Crippen molar-refractivity contribution in [2.75, 3.05) is 0 Å². The number of hydrogen-bond donors (Lipinski definition) is 0. The van der Waals surface area contributed by atoms with Crippen molar-refractivity contribution >= 4 is 16.8 Å². The molecule has 118 valence electrons. The maximum Gasteiger partial charge on any atom is 0.273 e. The van der Waals surface area contributed by atoms with Crippen LogP contribution in [-0.4, -0.2) is 9.91 Å². The summed E-state index contributed by atoms with van der Waals surface area (Å²) in [4.78, 5) is 15.2. The molecular formula is C18H18N2O3. The molecule has 0 saturated carbocycles. The molecule has 0 bridgehead atoms. The molecule has 0 unspecified atom stereocenters. The third-order valence-electron chi connectivity index (χ3n) is 3.83. The molecule has 0 fully saturated rings. The second-order valence-corrected chi connectivity index (χ2v) is 6.60. The Morgan fingerprint density at radius 1 is 1.17 bits per heavy atom. The van der Waals surface area contributed by atoms with Crippen LogP contribution in [0.2, 0.25) is 0 Å². The summed E-state index contributed by atoms with van der Waals surface area (Å²) in [7, 11) is 0. The van der Waals surface area contributed by atoms with E-state index >= 15 is 0 Å². The van der Waals surface area contributed by atoms with Gasteiger partial charge in [0.1, 0.15) is 5.52 Å². The highest BCUT2D eigenvalue weighted by Gasteiger charge is 2.18. The van der Waals surface area contributed by atoms with Crippen molar-refractivity contribution in [2.45, 2.75) is 32.6 Å². The molecule has 0 radical (unpaired) electrons. The van der Waals surface area contributed by atoms with Crippen LogP contribution >= 0.6 is 0 Å². The molecule has 0 spiro atoms. The molecule has 0 N–H and O–H groups in total. The van der Waals surface area contributed by atoms with Crippen LogP contribution in [0, 0.1) is 10.1 Å². The van der Waals surface area contributed by atoms with E-state index in [0.29, 0.717) is 23.5 Å². The topological polar surface area (TPSA) is 69.2 Å². The first-order valence-corrected chi connectivity index (χ1v) is 7.47. The van der Waals surface area contributed by atoms with E-state index in [2.05, 4.69) is 25.8 Å². The van der Waals surface area contributed by atoms with Gasteiger partial charge in [-0.15, -0.1) is 0 Å². The minimum atomic E-state index is -0.379. The van der Waals surface area contributed by atoms with Crippen LogP contribution in [0.4, 0.5) is 5.69 Å². The van der Waals surface area contributed by atoms with Crippen LogP contribution < -0.4 is 0 Å². The predicted molar refractivity (Wildman–Crippen MR) is 88.6 cm³/mol. The Balaban J connectivity index is 1.97. The summed E-state index contributed by atoms with van der Waals surface area (Å²) >= 11 is 0. The fourth-order valence-corrected chi connectivity index (χ4v) is 2.52. The molecule has 5 heteroatoms. The number of aromatic nitrogens is 1. The van der Waals surface area contributed by atoms with E-state index < -0.39 is 0 Å². The van der Waals surface area contributed by atoms with Crippen molar-refractivity contribution in [3.8, 4) is 0 Å². The minimum absolute atomic E-state index is 0.0333. The summed E-state index contributed by atoms with van der Waals surface area (Å²) in [5, 5.41) is 11.1. The van der Waals surface area contributed by atoms with Crippen LogP contribution in [0.3, 0.4) is 0 Å². The second-order valence-electron chi connectivity index (χ2n) is 6.60. The largest absolute Gasteiger partial charge is 0.440 e. The summed E-state index contributed by atoms with van der Waals surface area (Å²) < 4.78 is 5.74. The van der Waals surface area contributed by atoms with Gasteiger partial charge in [0.15, 0.2) is 11.5 Å². The Morgan fingerprint density at radius 3 is 2.61 bits per heavy atom. The summed E-state index contributed by atoms with van der Waals surface area (Å²) in [6, 6.07) is 12.6. The third-order valence-corrected chi connectivity index (χ3v) is 3.83. The molecular weight excluding hydrogens is 292 g/mol. The average Bonchev–Trinajstić information content (AvgIpc) is 2.87. The van der Waals surface area contributed by atoms with E-state index in [1.54, 1.807) is 18.2 Å². The van der Waals surface area contributed by atoms with Gasteiger partial charge in [-0.2, -0.15) is 0 Å². The SMILES string of the molecule is CC(C)(C)c1ccc2oc(Cc3ccccc3[N+](=O)[O-])nc2c1. The molecule has 2 aromatic carbocycles. The molecule has 5 nitrogen and oxygen atoms in total. The lowest BCUT2D eigenvalue weighted by molar-refractivity contribution is -0.385. The number of oxazole rings is 1. The highest BCUT2D eigenvalue weighted by molar-refractivity contribution is 5.74. The molecule has 1 heterocycles.